The van der Waals surface area contributed by atoms with Crippen molar-refractivity contribution < 1.29 is 14.6 Å². The molecule has 1 atom stereocenters. The summed E-state index contributed by atoms with van der Waals surface area (Å²) >= 11 is 0. The summed E-state index contributed by atoms with van der Waals surface area (Å²) in [5.74, 6) is -0.347. The van der Waals surface area contributed by atoms with E-state index in [1.807, 2.05) is 26.8 Å². The Balaban J connectivity index is 2.07. The van der Waals surface area contributed by atoms with Crippen molar-refractivity contribution in [3.05, 3.63) is 23.3 Å². The van der Waals surface area contributed by atoms with Crippen molar-refractivity contribution in [3.63, 3.8) is 0 Å². The molecule has 2 aliphatic rings. The summed E-state index contributed by atoms with van der Waals surface area (Å²) in [5, 5.41) is 10.3. The first-order valence-corrected chi connectivity index (χ1v) is 7.20. The third kappa shape index (κ3) is 3.27. The number of hydrogen-bond donors (Lipinski definition) is 1. The van der Waals surface area contributed by atoms with Gasteiger partial charge in [0.1, 0.15) is 6.10 Å². The molecule has 0 aromatic rings. The van der Waals surface area contributed by atoms with Gasteiger partial charge in [-0.3, -0.25) is 0 Å². The van der Waals surface area contributed by atoms with Gasteiger partial charge in [0.2, 0.25) is 0 Å². The summed E-state index contributed by atoms with van der Waals surface area (Å²) in [5.41, 5.74) is 0.987. The van der Waals surface area contributed by atoms with Crippen molar-refractivity contribution in [2.75, 3.05) is 0 Å². The average Bonchev–Trinajstić information content (AvgIpc) is 2.34. The Morgan fingerprint density at radius 1 is 1.32 bits per heavy atom. The minimum absolute atomic E-state index is 0.0312. The number of aliphatic hydroxyl groups is 1. The SMILES string of the molecule is CC1=CC(C)(C)C(O)C(C(=O)OC2CCCCC2)=C1. The minimum Gasteiger partial charge on any atom is -0.459 e. The van der Waals surface area contributed by atoms with Crippen molar-refractivity contribution in [1.82, 2.24) is 0 Å². The van der Waals surface area contributed by atoms with E-state index in [1.165, 1.54) is 6.42 Å². The number of aliphatic hydroxyl groups excluding tert-OH is 1. The average molecular weight is 264 g/mol. The Labute approximate surface area is 115 Å². The van der Waals surface area contributed by atoms with Gasteiger partial charge in [-0.15, -0.1) is 0 Å². The molecule has 1 unspecified atom stereocenters. The van der Waals surface area contributed by atoms with Crippen LogP contribution >= 0.6 is 0 Å². The molecule has 0 amide bonds. The molecule has 1 fully saturated rings. The van der Waals surface area contributed by atoms with E-state index < -0.39 is 11.5 Å². The molecule has 106 valence electrons. The van der Waals surface area contributed by atoms with Crippen molar-refractivity contribution in [3.8, 4) is 0 Å². The Morgan fingerprint density at radius 3 is 2.58 bits per heavy atom. The van der Waals surface area contributed by atoms with Crippen LogP contribution in [0.1, 0.15) is 52.9 Å². The van der Waals surface area contributed by atoms with Crippen molar-refractivity contribution in [1.29, 1.82) is 0 Å². The fraction of sp³-hybridized carbons (Fsp3) is 0.688. The normalized spacial score (nSPS) is 27.5. The maximum atomic E-state index is 12.2. The Morgan fingerprint density at radius 2 is 1.95 bits per heavy atom. The van der Waals surface area contributed by atoms with E-state index in [0.29, 0.717) is 5.57 Å². The first kappa shape index (κ1) is 14.3. The highest BCUT2D eigenvalue weighted by Gasteiger charge is 2.36. The van der Waals surface area contributed by atoms with Gasteiger partial charge in [0.15, 0.2) is 0 Å². The number of carbonyl (C=O) groups is 1. The van der Waals surface area contributed by atoms with Crippen LogP contribution in [0.25, 0.3) is 0 Å². The second-order valence-corrected chi connectivity index (χ2v) is 6.38. The molecule has 0 saturated heterocycles. The first-order valence-electron chi connectivity index (χ1n) is 7.20. The number of ether oxygens (including phenoxy) is 1. The van der Waals surface area contributed by atoms with E-state index in [4.69, 9.17) is 4.74 Å². The highest BCUT2D eigenvalue weighted by atomic mass is 16.5. The quantitative estimate of drug-likeness (QED) is 0.779. The van der Waals surface area contributed by atoms with Gasteiger partial charge in [0.05, 0.1) is 11.7 Å². The molecule has 0 aromatic heterocycles. The highest BCUT2D eigenvalue weighted by molar-refractivity contribution is 5.91. The predicted octanol–water partition coefficient (Wildman–Crippen LogP) is 3.14. The van der Waals surface area contributed by atoms with Gasteiger partial charge < -0.3 is 9.84 Å². The molecule has 0 spiro atoms. The minimum atomic E-state index is -0.785. The van der Waals surface area contributed by atoms with E-state index in [2.05, 4.69) is 0 Å². The lowest BCUT2D eigenvalue weighted by Gasteiger charge is -2.33. The van der Waals surface area contributed by atoms with E-state index in [1.54, 1.807) is 6.08 Å². The number of esters is 1. The van der Waals surface area contributed by atoms with Crippen molar-refractivity contribution in [2.24, 2.45) is 5.41 Å². The lowest BCUT2D eigenvalue weighted by Crippen LogP contribution is -2.36. The molecular weight excluding hydrogens is 240 g/mol. The van der Waals surface area contributed by atoms with Crippen LogP contribution in [0.3, 0.4) is 0 Å². The molecule has 3 heteroatoms. The van der Waals surface area contributed by atoms with Crippen LogP contribution in [-0.4, -0.2) is 23.3 Å². The lowest BCUT2D eigenvalue weighted by atomic mass is 9.77. The molecule has 0 aliphatic heterocycles. The molecule has 0 radical (unpaired) electrons. The van der Waals surface area contributed by atoms with Crippen LogP contribution in [-0.2, 0) is 9.53 Å². The number of allylic oxidation sites excluding steroid dienone is 2. The van der Waals surface area contributed by atoms with Gasteiger partial charge in [-0.2, -0.15) is 0 Å². The second kappa shape index (κ2) is 5.49. The van der Waals surface area contributed by atoms with Gasteiger partial charge in [-0.05, 0) is 38.7 Å². The molecular formula is C16H24O3. The van der Waals surface area contributed by atoms with Gasteiger partial charge in [-0.1, -0.05) is 31.9 Å². The maximum Gasteiger partial charge on any atom is 0.336 e. The largest absolute Gasteiger partial charge is 0.459 e. The molecule has 0 bridgehead atoms. The summed E-state index contributed by atoms with van der Waals surface area (Å²) in [6, 6.07) is 0. The topological polar surface area (TPSA) is 46.5 Å². The fourth-order valence-corrected chi connectivity index (χ4v) is 3.01. The smallest absolute Gasteiger partial charge is 0.336 e. The van der Waals surface area contributed by atoms with Gasteiger partial charge in [0.25, 0.3) is 0 Å². The summed E-state index contributed by atoms with van der Waals surface area (Å²) in [6.07, 6.45) is 8.38. The summed E-state index contributed by atoms with van der Waals surface area (Å²) in [6.45, 7) is 5.81. The van der Waals surface area contributed by atoms with E-state index >= 15 is 0 Å². The van der Waals surface area contributed by atoms with Gasteiger partial charge in [0, 0.05) is 5.41 Å². The maximum absolute atomic E-state index is 12.2. The zero-order valence-corrected chi connectivity index (χ0v) is 12.1. The van der Waals surface area contributed by atoms with E-state index in [9.17, 15) is 9.90 Å². The third-order valence-electron chi connectivity index (χ3n) is 4.04. The number of hydrogen-bond acceptors (Lipinski definition) is 3. The van der Waals surface area contributed by atoms with Crippen LogP contribution in [0.2, 0.25) is 0 Å². The van der Waals surface area contributed by atoms with E-state index in [-0.39, 0.29) is 12.1 Å². The lowest BCUT2D eigenvalue weighted by molar-refractivity contribution is -0.147. The summed E-state index contributed by atoms with van der Waals surface area (Å²) in [7, 11) is 0. The molecule has 2 aliphatic carbocycles. The Kier molecular flexibility index (Phi) is 4.14. The predicted molar refractivity (Wildman–Crippen MR) is 74.6 cm³/mol. The molecule has 3 nitrogen and oxygen atoms in total. The fourth-order valence-electron chi connectivity index (χ4n) is 3.01. The van der Waals surface area contributed by atoms with Crippen LogP contribution in [0, 0.1) is 5.41 Å². The van der Waals surface area contributed by atoms with Gasteiger partial charge >= 0.3 is 5.97 Å². The van der Waals surface area contributed by atoms with Crippen LogP contribution < -0.4 is 0 Å². The molecule has 1 saturated carbocycles. The van der Waals surface area contributed by atoms with Crippen molar-refractivity contribution in [2.45, 2.75) is 65.1 Å². The van der Waals surface area contributed by atoms with E-state index in [0.717, 1.165) is 31.3 Å². The Bertz CT molecular complexity index is 412. The van der Waals surface area contributed by atoms with Crippen LogP contribution in [0.4, 0.5) is 0 Å². The number of rotatable bonds is 2. The molecule has 2 rings (SSSR count). The Hall–Kier alpha value is -1.09. The standard InChI is InChI=1S/C16H24O3/c1-11-9-13(14(17)16(2,3)10-11)15(18)19-12-7-5-4-6-8-12/h9-10,12,14,17H,4-8H2,1-3H3. The molecule has 0 heterocycles. The number of carbonyl (C=O) groups excluding carboxylic acids is 1. The molecule has 1 N–H and O–H groups in total. The van der Waals surface area contributed by atoms with Crippen LogP contribution in [0.5, 0.6) is 0 Å². The van der Waals surface area contributed by atoms with Crippen molar-refractivity contribution >= 4 is 5.97 Å². The third-order valence-corrected chi connectivity index (χ3v) is 4.04. The summed E-state index contributed by atoms with van der Waals surface area (Å²) < 4.78 is 5.55. The molecule has 19 heavy (non-hydrogen) atoms. The summed E-state index contributed by atoms with van der Waals surface area (Å²) in [4.78, 5) is 12.2. The highest BCUT2D eigenvalue weighted by Crippen LogP contribution is 2.34. The molecule has 0 aromatic carbocycles. The first-order chi connectivity index (χ1) is 8.90. The van der Waals surface area contributed by atoms with Crippen LogP contribution in [0.15, 0.2) is 23.3 Å². The zero-order valence-electron chi connectivity index (χ0n) is 12.1. The monoisotopic (exact) mass is 264 g/mol. The van der Waals surface area contributed by atoms with Gasteiger partial charge in [-0.25, -0.2) is 4.79 Å². The zero-order chi connectivity index (χ0) is 14.0. The second-order valence-electron chi connectivity index (χ2n) is 6.38.